The maximum absolute atomic E-state index is 6.46. The lowest BCUT2D eigenvalue weighted by atomic mass is 10.0. The molecule has 4 aromatic carbocycles. The van der Waals surface area contributed by atoms with Crippen LogP contribution in [0.15, 0.2) is 107 Å². The molecule has 0 radical (unpaired) electrons. The molecule has 0 heterocycles. The summed E-state index contributed by atoms with van der Waals surface area (Å²) in [5.74, 6) is 0. The standard InChI is InChI=1S/C24H18ClNS/c25-21-13-5-1-9-17(21)19-11-3-7-15-23(19)27-24-16-8-4-12-20(24)18-10-2-6-14-22(18)26/h1-16H,26H2. The SMILES string of the molecule is Nc1ccccc1-c1ccccc1Sc1ccccc1-c1ccccc1Cl. The third-order valence-electron chi connectivity index (χ3n) is 4.41. The Bertz CT molecular complexity index is 1000. The molecule has 0 saturated heterocycles. The average molecular weight is 388 g/mol. The van der Waals surface area contributed by atoms with Gasteiger partial charge in [0.05, 0.1) is 0 Å². The molecule has 0 amide bonds. The molecular weight excluding hydrogens is 370 g/mol. The Labute approximate surface area is 168 Å². The number of hydrogen-bond donors (Lipinski definition) is 1. The van der Waals surface area contributed by atoms with Gasteiger partial charge in [0.15, 0.2) is 0 Å². The summed E-state index contributed by atoms with van der Waals surface area (Å²) in [5, 5.41) is 0.756. The maximum atomic E-state index is 6.46. The Morgan fingerprint density at radius 3 is 1.56 bits per heavy atom. The van der Waals surface area contributed by atoms with E-state index in [4.69, 9.17) is 17.3 Å². The molecular formula is C24H18ClNS. The van der Waals surface area contributed by atoms with E-state index in [-0.39, 0.29) is 0 Å². The number of benzene rings is 4. The Kier molecular flexibility index (Phi) is 5.19. The van der Waals surface area contributed by atoms with Crippen molar-refractivity contribution in [1.29, 1.82) is 0 Å². The molecule has 27 heavy (non-hydrogen) atoms. The van der Waals surface area contributed by atoms with Crippen molar-refractivity contribution in [2.45, 2.75) is 9.79 Å². The second-order valence-corrected chi connectivity index (χ2v) is 7.65. The predicted octanol–water partition coefficient (Wildman–Crippen LogP) is 7.41. The minimum Gasteiger partial charge on any atom is -0.398 e. The molecule has 0 saturated carbocycles. The van der Waals surface area contributed by atoms with Crippen molar-refractivity contribution in [2.24, 2.45) is 0 Å². The molecule has 0 unspecified atom stereocenters. The summed E-state index contributed by atoms with van der Waals surface area (Å²) in [4.78, 5) is 2.32. The topological polar surface area (TPSA) is 26.0 Å². The number of hydrogen-bond acceptors (Lipinski definition) is 2. The summed E-state index contributed by atoms with van der Waals surface area (Å²) in [5.41, 5.74) is 11.4. The first-order valence-electron chi connectivity index (χ1n) is 8.70. The van der Waals surface area contributed by atoms with Gasteiger partial charge in [-0.25, -0.2) is 0 Å². The fourth-order valence-electron chi connectivity index (χ4n) is 3.10. The van der Waals surface area contributed by atoms with Gasteiger partial charge in [0, 0.05) is 31.6 Å². The smallest absolute Gasteiger partial charge is 0.0484 e. The Hall–Kier alpha value is -2.68. The van der Waals surface area contributed by atoms with Crippen molar-refractivity contribution in [3.05, 3.63) is 102 Å². The second-order valence-electron chi connectivity index (χ2n) is 6.16. The lowest BCUT2D eigenvalue weighted by Crippen LogP contribution is -1.91. The van der Waals surface area contributed by atoms with Crippen molar-refractivity contribution in [3.63, 3.8) is 0 Å². The van der Waals surface area contributed by atoms with Gasteiger partial charge in [0.2, 0.25) is 0 Å². The number of halogens is 1. The lowest BCUT2D eigenvalue weighted by Gasteiger charge is -2.14. The fourth-order valence-corrected chi connectivity index (χ4v) is 4.44. The van der Waals surface area contributed by atoms with Gasteiger partial charge >= 0.3 is 0 Å². The van der Waals surface area contributed by atoms with Crippen LogP contribution in [0.5, 0.6) is 0 Å². The Morgan fingerprint density at radius 1 is 0.519 bits per heavy atom. The number of rotatable bonds is 4. The summed E-state index contributed by atoms with van der Waals surface area (Å²) in [6, 6.07) is 32.6. The van der Waals surface area contributed by atoms with Gasteiger partial charge < -0.3 is 5.73 Å². The zero-order valence-corrected chi connectivity index (χ0v) is 16.2. The van der Waals surface area contributed by atoms with Crippen molar-refractivity contribution >= 4 is 29.1 Å². The molecule has 0 aliphatic carbocycles. The maximum Gasteiger partial charge on any atom is 0.0484 e. The number of nitrogen functional groups attached to an aromatic ring is 1. The highest BCUT2D eigenvalue weighted by Crippen LogP contribution is 2.42. The second kappa shape index (κ2) is 7.91. The van der Waals surface area contributed by atoms with Crippen molar-refractivity contribution in [2.75, 3.05) is 5.73 Å². The minimum atomic E-state index is 0.756. The first-order valence-corrected chi connectivity index (χ1v) is 9.89. The quantitative estimate of drug-likeness (QED) is 0.369. The molecule has 4 aromatic rings. The van der Waals surface area contributed by atoms with Crippen LogP contribution < -0.4 is 5.73 Å². The normalized spacial score (nSPS) is 10.7. The lowest BCUT2D eigenvalue weighted by molar-refractivity contribution is 1.39. The molecule has 0 bridgehead atoms. The van der Waals surface area contributed by atoms with Gasteiger partial charge in [-0.3, -0.25) is 0 Å². The van der Waals surface area contributed by atoms with Crippen molar-refractivity contribution in [1.82, 2.24) is 0 Å². The van der Waals surface area contributed by atoms with E-state index in [1.807, 2.05) is 48.5 Å². The molecule has 0 aliphatic heterocycles. The molecule has 2 N–H and O–H groups in total. The van der Waals surface area contributed by atoms with E-state index in [0.717, 1.165) is 42.8 Å². The van der Waals surface area contributed by atoms with E-state index < -0.39 is 0 Å². The van der Waals surface area contributed by atoms with Crippen molar-refractivity contribution < 1.29 is 0 Å². The minimum absolute atomic E-state index is 0.756. The van der Waals surface area contributed by atoms with E-state index in [1.54, 1.807) is 11.8 Å². The first-order chi connectivity index (χ1) is 13.2. The van der Waals surface area contributed by atoms with Crippen LogP contribution in [0.25, 0.3) is 22.3 Å². The summed E-state index contributed by atoms with van der Waals surface area (Å²) < 4.78 is 0. The van der Waals surface area contributed by atoms with E-state index in [0.29, 0.717) is 0 Å². The van der Waals surface area contributed by atoms with Gasteiger partial charge in [-0.1, -0.05) is 96.2 Å². The van der Waals surface area contributed by atoms with Crippen LogP contribution in [0.1, 0.15) is 0 Å². The van der Waals surface area contributed by atoms with Crippen molar-refractivity contribution in [3.8, 4) is 22.3 Å². The van der Waals surface area contributed by atoms with Gasteiger partial charge in [0.1, 0.15) is 0 Å². The predicted molar refractivity (Wildman–Crippen MR) is 117 cm³/mol. The molecule has 1 nitrogen and oxygen atoms in total. The largest absolute Gasteiger partial charge is 0.398 e. The number of anilines is 1. The molecule has 132 valence electrons. The van der Waals surface area contributed by atoms with Crippen LogP contribution in [0.4, 0.5) is 5.69 Å². The molecule has 4 rings (SSSR count). The number of para-hydroxylation sites is 1. The van der Waals surface area contributed by atoms with Crippen LogP contribution in [0, 0.1) is 0 Å². The molecule has 0 aliphatic rings. The van der Waals surface area contributed by atoms with Crippen LogP contribution in [0.2, 0.25) is 5.02 Å². The Morgan fingerprint density at radius 2 is 0.963 bits per heavy atom. The third-order valence-corrected chi connectivity index (χ3v) is 5.89. The summed E-state index contributed by atoms with van der Waals surface area (Å²) >= 11 is 8.19. The zero-order valence-electron chi connectivity index (χ0n) is 14.6. The van der Waals surface area contributed by atoms with E-state index in [2.05, 4.69) is 48.5 Å². The molecule has 0 fully saturated rings. The highest BCUT2D eigenvalue weighted by molar-refractivity contribution is 7.99. The fraction of sp³-hybridized carbons (Fsp3) is 0. The summed E-state index contributed by atoms with van der Waals surface area (Å²) in [7, 11) is 0. The zero-order chi connectivity index (χ0) is 18.6. The highest BCUT2D eigenvalue weighted by Gasteiger charge is 2.13. The van der Waals surface area contributed by atoms with Crippen LogP contribution in [-0.4, -0.2) is 0 Å². The Balaban J connectivity index is 1.80. The van der Waals surface area contributed by atoms with Gasteiger partial charge in [0.25, 0.3) is 0 Å². The van der Waals surface area contributed by atoms with E-state index in [9.17, 15) is 0 Å². The molecule has 0 spiro atoms. The molecule has 0 atom stereocenters. The third kappa shape index (κ3) is 3.73. The molecule has 3 heteroatoms. The van der Waals surface area contributed by atoms with Gasteiger partial charge in [-0.15, -0.1) is 0 Å². The highest BCUT2D eigenvalue weighted by atomic mass is 35.5. The average Bonchev–Trinajstić information content (AvgIpc) is 2.70. The van der Waals surface area contributed by atoms with Gasteiger partial charge in [-0.2, -0.15) is 0 Å². The van der Waals surface area contributed by atoms with Crippen LogP contribution >= 0.6 is 23.4 Å². The summed E-state index contributed by atoms with van der Waals surface area (Å²) in [6.45, 7) is 0. The van der Waals surface area contributed by atoms with E-state index in [1.165, 1.54) is 0 Å². The number of nitrogens with two attached hydrogens (primary N) is 1. The molecule has 0 aromatic heterocycles. The first kappa shape index (κ1) is 17.7. The van der Waals surface area contributed by atoms with Crippen LogP contribution in [0.3, 0.4) is 0 Å². The van der Waals surface area contributed by atoms with Gasteiger partial charge in [-0.05, 0) is 35.4 Å². The summed E-state index contributed by atoms with van der Waals surface area (Å²) in [6.07, 6.45) is 0. The monoisotopic (exact) mass is 387 g/mol. The van der Waals surface area contributed by atoms with E-state index >= 15 is 0 Å². The van der Waals surface area contributed by atoms with Crippen LogP contribution in [-0.2, 0) is 0 Å².